The summed E-state index contributed by atoms with van der Waals surface area (Å²) >= 11 is 0. The quantitative estimate of drug-likeness (QED) is 0.222. The molecule has 2 aromatic rings. The van der Waals surface area contributed by atoms with Gasteiger partial charge in [0.05, 0.1) is 26.2 Å². The Morgan fingerprint density at radius 3 is 2.61 bits per heavy atom. The van der Waals surface area contributed by atoms with Crippen LogP contribution >= 0.6 is 0 Å². The highest BCUT2D eigenvalue weighted by atomic mass is 16.6. The smallest absolute Gasteiger partial charge is 0.410 e. The first-order valence-corrected chi connectivity index (χ1v) is 12.7. The maximum atomic E-state index is 12.8. The van der Waals surface area contributed by atoms with Crippen molar-refractivity contribution in [1.82, 2.24) is 4.90 Å². The summed E-state index contributed by atoms with van der Waals surface area (Å²) in [7, 11) is 0. The molecule has 38 heavy (non-hydrogen) atoms. The summed E-state index contributed by atoms with van der Waals surface area (Å²) in [6.07, 6.45) is 1.58. The molecule has 1 unspecified atom stereocenters. The Morgan fingerprint density at radius 1 is 1.13 bits per heavy atom. The van der Waals surface area contributed by atoms with Crippen LogP contribution in [0.25, 0.3) is 0 Å². The lowest BCUT2D eigenvalue weighted by Crippen LogP contribution is -2.38. The fraction of sp³-hybridized carbons (Fsp3) is 0.393. The number of hydrogen-bond acceptors (Lipinski definition) is 6. The minimum atomic E-state index is -0.950. The summed E-state index contributed by atoms with van der Waals surface area (Å²) in [5.41, 5.74) is 14.5. The second kappa shape index (κ2) is 12.4. The van der Waals surface area contributed by atoms with Gasteiger partial charge in [0.25, 0.3) is 0 Å². The van der Waals surface area contributed by atoms with Crippen molar-refractivity contribution in [3.63, 3.8) is 0 Å². The van der Waals surface area contributed by atoms with E-state index >= 15 is 0 Å². The minimum Gasteiger partial charge on any atom is -0.489 e. The lowest BCUT2D eigenvalue weighted by atomic mass is 10.0. The Hall–Kier alpha value is -4.21. The van der Waals surface area contributed by atoms with Gasteiger partial charge < -0.3 is 23.8 Å². The Kier molecular flexibility index (Phi) is 8.73. The number of carbonyl (C=O) groups is 2. The van der Waals surface area contributed by atoms with E-state index in [1.54, 1.807) is 36.1 Å². The number of rotatable bonds is 9. The Balaban J connectivity index is 1.44. The summed E-state index contributed by atoms with van der Waals surface area (Å²) in [6, 6.07) is 12.9. The van der Waals surface area contributed by atoms with Crippen molar-refractivity contribution in [1.29, 1.82) is 0 Å². The summed E-state index contributed by atoms with van der Waals surface area (Å²) in [5, 5.41) is 0. The molecule has 2 aromatic carbocycles. The van der Waals surface area contributed by atoms with E-state index < -0.39 is 12.1 Å². The van der Waals surface area contributed by atoms with Crippen LogP contribution < -0.4 is 20.9 Å². The highest BCUT2D eigenvalue weighted by Crippen LogP contribution is 2.29. The van der Waals surface area contributed by atoms with Gasteiger partial charge in [-0.05, 0) is 42.3 Å². The van der Waals surface area contributed by atoms with E-state index in [9.17, 15) is 9.59 Å². The molecule has 1 saturated heterocycles. The molecule has 0 bridgehead atoms. The minimum absolute atomic E-state index is 0.149. The summed E-state index contributed by atoms with van der Waals surface area (Å²) < 4.78 is 24.5. The van der Waals surface area contributed by atoms with Gasteiger partial charge in [0.1, 0.15) is 24.2 Å². The van der Waals surface area contributed by atoms with E-state index in [1.807, 2.05) is 22.8 Å². The molecule has 0 radical (unpaired) electrons. The molecule has 4 rings (SSSR count). The zero-order valence-corrected chi connectivity index (χ0v) is 21.6. The Bertz CT molecular complexity index is 1190. The van der Waals surface area contributed by atoms with Crippen LogP contribution in [-0.4, -0.2) is 66.4 Å². The molecule has 0 spiro atoms. The lowest BCUT2D eigenvalue weighted by molar-refractivity contribution is -0.549. The number of carbonyl (C=O) groups excluding carboxylic acids is 2. The first-order chi connectivity index (χ1) is 18.4. The number of esters is 1. The van der Waals surface area contributed by atoms with Gasteiger partial charge in [0.15, 0.2) is 0 Å². The molecule has 1 amide bonds. The molecule has 2 heterocycles. The lowest BCUT2D eigenvalue weighted by Gasteiger charge is -2.22. The SMILES string of the molecule is C=CCOC(=O)N1CC[C@H](Oc2ccc(C(Oc3ccc4c(c3)C[N+](=C(N)N)CC4)C(=O)OCC)cc2)C1. The molecule has 0 aliphatic carbocycles. The third-order valence-electron chi connectivity index (χ3n) is 6.52. The van der Waals surface area contributed by atoms with Crippen molar-refractivity contribution in [2.75, 3.05) is 32.8 Å². The molecular weight excluding hydrogens is 488 g/mol. The van der Waals surface area contributed by atoms with E-state index in [-0.39, 0.29) is 31.4 Å². The van der Waals surface area contributed by atoms with Gasteiger partial charge in [-0.3, -0.25) is 16.0 Å². The third-order valence-corrected chi connectivity index (χ3v) is 6.52. The number of hydrogen-bond donors (Lipinski definition) is 2. The molecule has 2 atom stereocenters. The highest BCUT2D eigenvalue weighted by molar-refractivity contribution is 5.77. The predicted octanol–water partition coefficient (Wildman–Crippen LogP) is 2.49. The van der Waals surface area contributed by atoms with E-state index in [4.69, 9.17) is 30.4 Å². The van der Waals surface area contributed by atoms with Gasteiger partial charge in [-0.1, -0.05) is 30.9 Å². The van der Waals surface area contributed by atoms with Gasteiger partial charge in [-0.25, -0.2) is 9.59 Å². The summed E-state index contributed by atoms with van der Waals surface area (Å²) in [5.74, 6) is 0.984. The van der Waals surface area contributed by atoms with Crippen LogP contribution in [0, 0.1) is 0 Å². The molecule has 202 valence electrons. The topological polar surface area (TPSA) is 129 Å². The van der Waals surface area contributed by atoms with Crippen LogP contribution in [0.15, 0.2) is 55.1 Å². The fourth-order valence-corrected chi connectivity index (χ4v) is 4.56. The average molecular weight is 524 g/mol. The first kappa shape index (κ1) is 26.8. The molecular formula is C28H35N4O6+. The van der Waals surface area contributed by atoms with Crippen molar-refractivity contribution in [2.24, 2.45) is 11.5 Å². The van der Waals surface area contributed by atoms with Gasteiger partial charge in [-0.2, -0.15) is 0 Å². The van der Waals surface area contributed by atoms with Crippen LogP contribution in [0.5, 0.6) is 11.5 Å². The zero-order chi connectivity index (χ0) is 27.1. The van der Waals surface area contributed by atoms with Crippen LogP contribution in [0.1, 0.15) is 36.1 Å². The van der Waals surface area contributed by atoms with Gasteiger partial charge in [0.2, 0.25) is 6.10 Å². The molecule has 1 fully saturated rings. The molecule has 10 heteroatoms. The second-order valence-electron chi connectivity index (χ2n) is 9.19. The summed E-state index contributed by atoms with van der Waals surface area (Å²) in [4.78, 5) is 26.5. The number of benzene rings is 2. The Labute approximate surface area is 222 Å². The van der Waals surface area contributed by atoms with Crippen LogP contribution in [0.4, 0.5) is 4.79 Å². The standard InChI is InChI=1S/C28H34N4O6/c1-3-15-36-28(34)32-14-12-24(18-32)37-22-8-6-20(7-9-22)25(26(33)35-4-2)38-23-10-5-19-11-13-31(27(29)30)17-21(19)16-23/h3,5-10,16,24-25H,1,4,11-15,17-18H2,2H3,(H3,29,30)/p+1/t24-,25?/m0/s1. The van der Waals surface area contributed by atoms with E-state index in [0.717, 1.165) is 18.5 Å². The van der Waals surface area contributed by atoms with Crippen molar-refractivity contribution < 1.29 is 33.1 Å². The number of nitrogens with two attached hydrogens (primary N) is 2. The molecule has 0 aromatic heterocycles. The van der Waals surface area contributed by atoms with Crippen molar-refractivity contribution >= 4 is 18.0 Å². The van der Waals surface area contributed by atoms with E-state index in [2.05, 4.69) is 6.58 Å². The predicted molar refractivity (Wildman–Crippen MR) is 141 cm³/mol. The largest absolute Gasteiger partial charge is 0.489 e. The number of nitrogens with zero attached hydrogens (tertiary/aromatic N) is 2. The monoisotopic (exact) mass is 523 g/mol. The highest BCUT2D eigenvalue weighted by Gasteiger charge is 2.29. The number of amides is 1. The Morgan fingerprint density at radius 2 is 1.89 bits per heavy atom. The van der Waals surface area contributed by atoms with Gasteiger partial charge in [-0.15, -0.1) is 0 Å². The van der Waals surface area contributed by atoms with Crippen LogP contribution in [0.2, 0.25) is 0 Å². The average Bonchev–Trinajstić information content (AvgIpc) is 3.39. The van der Waals surface area contributed by atoms with Gasteiger partial charge in [0, 0.05) is 24.9 Å². The number of guanidine groups is 1. The fourth-order valence-electron chi connectivity index (χ4n) is 4.56. The molecule has 10 nitrogen and oxygen atoms in total. The van der Waals surface area contributed by atoms with E-state index in [0.29, 0.717) is 43.1 Å². The second-order valence-corrected chi connectivity index (χ2v) is 9.19. The third kappa shape index (κ3) is 6.56. The zero-order valence-electron chi connectivity index (χ0n) is 21.6. The van der Waals surface area contributed by atoms with Crippen molar-refractivity contribution in [2.45, 2.75) is 38.5 Å². The number of fused-ring (bicyclic) bond motifs is 1. The maximum Gasteiger partial charge on any atom is 0.410 e. The first-order valence-electron chi connectivity index (χ1n) is 12.7. The molecule has 2 aliphatic rings. The maximum absolute atomic E-state index is 12.8. The molecule has 4 N–H and O–H groups in total. The normalized spacial score (nSPS) is 17.2. The van der Waals surface area contributed by atoms with Crippen molar-refractivity contribution in [3.05, 3.63) is 71.8 Å². The molecule has 0 saturated carbocycles. The molecule has 2 aliphatic heterocycles. The summed E-state index contributed by atoms with van der Waals surface area (Å²) in [6.45, 7) is 8.06. The number of likely N-dealkylation sites (tertiary alicyclic amines) is 1. The van der Waals surface area contributed by atoms with E-state index in [1.165, 1.54) is 11.6 Å². The van der Waals surface area contributed by atoms with Crippen LogP contribution in [-0.2, 0) is 27.2 Å². The number of ether oxygens (including phenoxy) is 4. The van der Waals surface area contributed by atoms with Crippen LogP contribution in [0.3, 0.4) is 0 Å². The van der Waals surface area contributed by atoms with Crippen molar-refractivity contribution in [3.8, 4) is 11.5 Å². The van der Waals surface area contributed by atoms with Gasteiger partial charge >= 0.3 is 18.0 Å².